The molecule has 44 heavy (non-hydrogen) atoms. The van der Waals surface area contributed by atoms with Crippen molar-refractivity contribution in [1.29, 1.82) is 0 Å². The lowest BCUT2D eigenvalue weighted by Gasteiger charge is -2.26. The molecule has 0 bridgehead atoms. The van der Waals surface area contributed by atoms with E-state index in [0.29, 0.717) is 0 Å². The summed E-state index contributed by atoms with van der Waals surface area (Å²) in [6.07, 6.45) is 0. The molecule has 0 unspecified atom stereocenters. The van der Waals surface area contributed by atoms with E-state index >= 15 is 0 Å². The normalized spacial score (nSPS) is 15.2. The van der Waals surface area contributed by atoms with E-state index in [1.54, 1.807) is 0 Å². The topological polar surface area (TPSA) is 0 Å². The maximum absolute atomic E-state index is 2.46. The Morgan fingerprint density at radius 1 is 0.341 bits per heavy atom. The van der Waals surface area contributed by atoms with Gasteiger partial charge in [0.1, 0.15) is 0 Å². The fourth-order valence-corrected chi connectivity index (χ4v) is 8.25. The molecule has 2 aliphatic rings. The molecule has 7 aromatic carbocycles. The molecule has 0 nitrogen and oxygen atoms in total. The summed E-state index contributed by atoms with van der Waals surface area (Å²) in [6, 6.07) is 50.1. The molecule has 0 atom stereocenters. The zero-order valence-electron chi connectivity index (χ0n) is 25.7. The summed E-state index contributed by atoms with van der Waals surface area (Å²) in [5.41, 5.74) is 16.4. The van der Waals surface area contributed by atoms with Crippen molar-refractivity contribution in [1.82, 2.24) is 0 Å². The van der Waals surface area contributed by atoms with Crippen LogP contribution in [0.25, 0.3) is 66.1 Å². The Labute approximate surface area is 259 Å². The van der Waals surface area contributed by atoms with Crippen molar-refractivity contribution in [2.75, 3.05) is 0 Å². The minimum Gasteiger partial charge on any atom is -0.0619 e. The van der Waals surface area contributed by atoms with Gasteiger partial charge >= 0.3 is 0 Å². The Morgan fingerprint density at radius 3 is 1.57 bits per heavy atom. The molecule has 0 aliphatic heterocycles. The van der Waals surface area contributed by atoms with Gasteiger partial charge < -0.3 is 0 Å². The number of fused-ring (bicyclic) bond motifs is 9. The number of benzene rings is 7. The molecule has 210 valence electrons. The van der Waals surface area contributed by atoms with Gasteiger partial charge in [0.15, 0.2) is 0 Å². The third-order valence-electron chi connectivity index (χ3n) is 10.6. The number of hydrogen-bond donors (Lipinski definition) is 0. The van der Waals surface area contributed by atoms with Gasteiger partial charge in [-0.3, -0.25) is 0 Å². The first-order chi connectivity index (χ1) is 21.3. The van der Waals surface area contributed by atoms with Crippen LogP contribution in [0, 0.1) is 0 Å². The van der Waals surface area contributed by atoms with Gasteiger partial charge in [0.05, 0.1) is 0 Å². The first-order valence-electron chi connectivity index (χ1n) is 15.8. The summed E-state index contributed by atoms with van der Waals surface area (Å²) >= 11 is 0. The molecule has 0 N–H and O–H groups in total. The highest BCUT2D eigenvalue weighted by atomic mass is 14.5. The lowest BCUT2D eigenvalue weighted by atomic mass is 9.77. The average molecular weight is 563 g/mol. The standard InChI is InChI=1S/C44H34/c1-43(2)38-12-8-7-11-37(38)41-39(43)22-21-36-35-20-19-34(26-40(35)44(3,4)42(36)41)33-18-17-31-24-30(15-16-32(31)25-33)29-14-13-27-9-5-6-10-28(27)23-29/h5-26H,1-4H3. The quantitative estimate of drug-likeness (QED) is 0.197. The van der Waals surface area contributed by atoms with Gasteiger partial charge in [-0.1, -0.05) is 137 Å². The molecule has 7 aromatic rings. The first-order valence-corrected chi connectivity index (χ1v) is 15.8. The predicted molar refractivity (Wildman–Crippen MR) is 187 cm³/mol. The predicted octanol–water partition coefficient (Wildman–Crippen LogP) is 11.9. The summed E-state index contributed by atoms with van der Waals surface area (Å²) in [6.45, 7) is 9.60. The van der Waals surface area contributed by atoms with E-state index in [4.69, 9.17) is 0 Å². The Bertz CT molecular complexity index is 2330. The van der Waals surface area contributed by atoms with Crippen molar-refractivity contribution < 1.29 is 0 Å². The fourth-order valence-electron chi connectivity index (χ4n) is 8.25. The van der Waals surface area contributed by atoms with Crippen LogP contribution >= 0.6 is 0 Å². The van der Waals surface area contributed by atoms with Gasteiger partial charge in [0.2, 0.25) is 0 Å². The molecule has 9 rings (SSSR count). The van der Waals surface area contributed by atoms with Crippen LogP contribution in [0.1, 0.15) is 49.9 Å². The van der Waals surface area contributed by atoms with Crippen LogP contribution in [0.4, 0.5) is 0 Å². The van der Waals surface area contributed by atoms with Crippen LogP contribution in [0.2, 0.25) is 0 Å². The third kappa shape index (κ3) is 3.46. The maximum Gasteiger partial charge on any atom is 0.0165 e. The molecule has 0 radical (unpaired) electrons. The smallest absolute Gasteiger partial charge is 0.0165 e. The third-order valence-corrected chi connectivity index (χ3v) is 10.6. The van der Waals surface area contributed by atoms with Crippen molar-refractivity contribution in [3.63, 3.8) is 0 Å². The Hall–Kier alpha value is -4.94. The average Bonchev–Trinajstić information content (AvgIpc) is 3.43. The van der Waals surface area contributed by atoms with Crippen LogP contribution < -0.4 is 0 Å². The van der Waals surface area contributed by atoms with E-state index in [1.165, 1.54) is 88.3 Å². The van der Waals surface area contributed by atoms with E-state index in [9.17, 15) is 0 Å². The van der Waals surface area contributed by atoms with Gasteiger partial charge in [0, 0.05) is 10.8 Å². The van der Waals surface area contributed by atoms with E-state index < -0.39 is 0 Å². The second kappa shape index (κ2) is 8.80. The van der Waals surface area contributed by atoms with Gasteiger partial charge in [-0.2, -0.15) is 0 Å². The second-order valence-electron chi connectivity index (χ2n) is 13.8. The molecule has 0 heteroatoms. The largest absolute Gasteiger partial charge is 0.0619 e. The summed E-state index contributed by atoms with van der Waals surface area (Å²) in [4.78, 5) is 0. The van der Waals surface area contributed by atoms with E-state index in [-0.39, 0.29) is 10.8 Å². The minimum atomic E-state index is -0.0921. The monoisotopic (exact) mass is 562 g/mol. The van der Waals surface area contributed by atoms with Crippen molar-refractivity contribution in [3.8, 4) is 44.5 Å². The van der Waals surface area contributed by atoms with Crippen molar-refractivity contribution in [2.45, 2.75) is 38.5 Å². The SMILES string of the molecule is CC1(C)c2ccccc2-c2c1ccc1c2C(C)(C)c2cc(-c3ccc4cc(-c5ccc6ccccc6c5)ccc4c3)ccc2-1. The summed E-state index contributed by atoms with van der Waals surface area (Å²) in [5, 5.41) is 5.09. The molecule has 0 amide bonds. The van der Waals surface area contributed by atoms with Crippen LogP contribution in [0.3, 0.4) is 0 Å². The van der Waals surface area contributed by atoms with E-state index in [1.807, 2.05) is 0 Å². The Balaban J connectivity index is 1.12. The first kappa shape index (κ1) is 25.5. The summed E-state index contributed by atoms with van der Waals surface area (Å²) < 4.78 is 0. The second-order valence-corrected chi connectivity index (χ2v) is 13.8. The number of rotatable bonds is 2. The highest BCUT2D eigenvalue weighted by molar-refractivity contribution is 5.96. The van der Waals surface area contributed by atoms with Gasteiger partial charge in [-0.15, -0.1) is 0 Å². The minimum absolute atomic E-state index is 0.0101. The maximum atomic E-state index is 2.46. The number of hydrogen-bond acceptors (Lipinski definition) is 0. The molecule has 2 aliphatic carbocycles. The fraction of sp³-hybridized carbons (Fsp3) is 0.136. The van der Waals surface area contributed by atoms with Crippen LogP contribution in [0.5, 0.6) is 0 Å². The molecule has 0 fully saturated rings. The van der Waals surface area contributed by atoms with E-state index in [0.717, 1.165) is 0 Å². The lowest BCUT2D eigenvalue weighted by Crippen LogP contribution is -2.18. The molecule has 0 aromatic heterocycles. The van der Waals surface area contributed by atoms with Gasteiger partial charge in [-0.05, 0) is 113 Å². The van der Waals surface area contributed by atoms with Crippen LogP contribution in [-0.4, -0.2) is 0 Å². The Kier molecular flexibility index (Phi) is 5.11. The molecule has 0 spiro atoms. The van der Waals surface area contributed by atoms with Gasteiger partial charge in [-0.25, -0.2) is 0 Å². The molecule has 0 saturated carbocycles. The molecule has 0 heterocycles. The van der Waals surface area contributed by atoms with Crippen LogP contribution in [0.15, 0.2) is 133 Å². The molecule has 0 saturated heterocycles. The molecular formula is C44H34. The van der Waals surface area contributed by atoms with Gasteiger partial charge in [0.25, 0.3) is 0 Å². The highest BCUT2D eigenvalue weighted by Gasteiger charge is 2.44. The summed E-state index contributed by atoms with van der Waals surface area (Å²) in [7, 11) is 0. The van der Waals surface area contributed by atoms with Crippen molar-refractivity contribution in [3.05, 3.63) is 156 Å². The zero-order valence-corrected chi connectivity index (χ0v) is 25.7. The van der Waals surface area contributed by atoms with E-state index in [2.05, 4.69) is 161 Å². The molecular weight excluding hydrogens is 528 g/mol. The zero-order chi connectivity index (χ0) is 29.8. The Morgan fingerprint density at radius 2 is 0.864 bits per heavy atom. The van der Waals surface area contributed by atoms with Crippen molar-refractivity contribution >= 4 is 21.5 Å². The highest BCUT2D eigenvalue weighted by Crippen LogP contribution is 2.59. The van der Waals surface area contributed by atoms with Crippen molar-refractivity contribution in [2.24, 2.45) is 0 Å². The summed E-state index contributed by atoms with van der Waals surface area (Å²) in [5.74, 6) is 0. The lowest BCUT2D eigenvalue weighted by molar-refractivity contribution is 0.647. The van der Waals surface area contributed by atoms with Crippen LogP contribution in [-0.2, 0) is 10.8 Å².